The number of carbonyl (C=O) groups excluding carboxylic acids is 3. The zero-order chi connectivity index (χ0) is 28.8. The van der Waals surface area contributed by atoms with E-state index in [-0.39, 0.29) is 37.2 Å². The molecule has 0 saturated carbocycles. The van der Waals surface area contributed by atoms with Crippen molar-refractivity contribution in [2.24, 2.45) is 0 Å². The fourth-order valence-corrected chi connectivity index (χ4v) is 3.92. The highest BCUT2D eigenvalue weighted by molar-refractivity contribution is 5.92. The van der Waals surface area contributed by atoms with Gasteiger partial charge in [0.05, 0.1) is 6.61 Å². The van der Waals surface area contributed by atoms with Crippen LogP contribution in [-0.2, 0) is 33.3 Å². The Morgan fingerprint density at radius 3 is 2.03 bits per heavy atom. The first kappa shape index (κ1) is 31.9. The number of ether oxygens (including phenoxy) is 5. The minimum absolute atomic E-state index is 0.0230. The Balaban J connectivity index is 2.40. The molecule has 1 saturated heterocycles. The molecule has 0 spiro atoms. The molecule has 0 radical (unpaired) electrons. The van der Waals surface area contributed by atoms with E-state index in [1.807, 2.05) is 13.8 Å². The van der Waals surface area contributed by atoms with Crippen molar-refractivity contribution in [1.29, 1.82) is 0 Å². The molecule has 0 aliphatic carbocycles. The number of carbonyl (C=O) groups is 4. The van der Waals surface area contributed by atoms with Crippen LogP contribution in [0, 0.1) is 0 Å². The van der Waals surface area contributed by atoms with Gasteiger partial charge in [-0.1, -0.05) is 34.1 Å². The molecule has 2 rings (SSSR count). The minimum Gasteiger partial charge on any atom is -0.478 e. The number of hydrogen-bond donors (Lipinski definition) is 2. The molecular formula is C28H41NO10. The van der Waals surface area contributed by atoms with Crippen LogP contribution in [0.2, 0.25) is 0 Å². The number of aromatic carboxylic acids is 1. The monoisotopic (exact) mass is 551 g/mol. The molecule has 11 nitrogen and oxygen atoms in total. The lowest BCUT2D eigenvalue weighted by Gasteiger charge is -2.40. The van der Waals surface area contributed by atoms with Crippen LogP contribution < -0.4 is 10.1 Å². The van der Waals surface area contributed by atoms with Gasteiger partial charge in [-0.05, 0) is 43.9 Å². The summed E-state index contributed by atoms with van der Waals surface area (Å²) >= 11 is 0. The maximum absolute atomic E-state index is 12.6. The summed E-state index contributed by atoms with van der Waals surface area (Å²) in [5.41, 5.74) is 0.479. The summed E-state index contributed by atoms with van der Waals surface area (Å²) in [7, 11) is 0. The minimum atomic E-state index is -1.33. The zero-order valence-electron chi connectivity index (χ0n) is 23.2. The van der Waals surface area contributed by atoms with E-state index in [1.54, 1.807) is 13.0 Å². The SMILES string of the molecule is CCCCNc1ccc(O[C@@H]2OC[C@@H](OC(=O)CCC)[C@H](OC(=O)CCC)[C@H]2OC(=O)CCC)c(C(=O)O)c1. The van der Waals surface area contributed by atoms with Gasteiger partial charge in [0.1, 0.15) is 11.3 Å². The van der Waals surface area contributed by atoms with E-state index in [2.05, 4.69) is 12.2 Å². The predicted molar refractivity (Wildman–Crippen MR) is 142 cm³/mol. The average Bonchev–Trinajstić information content (AvgIpc) is 2.88. The second-order valence-electron chi connectivity index (χ2n) is 9.30. The summed E-state index contributed by atoms with van der Waals surface area (Å²) in [6.07, 6.45) is -1.11. The molecule has 218 valence electrons. The number of unbranched alkanes of at least 4 members (excludes halogenated alkanes) is 1. The van der Waals surface area contributed by atoms with E-state index in [0.717, 1.165) is 12.8 Å². The van der Waals surface area contributed by atoms with E-state index >= 15 is 0 Å². The third-order valence-corrected chi connectivity index (χ3v) is 5.88. The van der Waals surface area contributed by atoms with E-state index in [9.17, 15) is 24.3 Å². The van der Waals surface area contributed by atoms with Crippen LogP contribution in [0.5, 0.6) is 5.75 Å². The van der Waals surface area contributed by atoms with E-state index < -0.39 is 48.5 Å². The van der Waals surface area contributed by atoms with Gasteiger partial charge in [-0.2, -0.15) is 0 Å². The van der Waals surface area contributed by atoms with Gasteiger partial charge in [0.15, 0.2) is 12.2 Å². The molecule has 1 aliphatic rings. The van der Waals surface area contributed by atoms with E-state index in [0.29, 0.717) is 31.5 Å². The van der Waals surface area contributed by atoms with Crippen molar-refractivity contribution in [3.8, 4) is 5.75 Å². The summed E-state index contributed by atoms with van der Waals surface area (Å²) in [5, 5.41) is 13.0. The van der Waals surface area contributed by atoms with Crippen molar-refractivity contribution in [2.75, 3.05) is 18.5 Å². The standard InChI is InChI=1S/C28H41NO10/c1-5-9-15-29-18-13-14-20(19(16-18)27(33)34)37-28-26(39-24(32)12-8-4)25(38-23(31)11-7-3)21(17-35-28)36-22(30)10-6-2/h13-14,16,21,25-26,28-29H,5-12,15,17H2,1-4H3,(H,33,34)/t21-,25+,26-,28+/m1/s1. The molecule has 0 unspecified atom stereocenters. The third kappa shape index (κ3) is 10.0. The van der Waals surface area contributed by atoms with Crippen molar-refractivity contribution in [1.82, 2.24) is 0 Å². The van der Waals surface area contributed by atoms with Gasteiger partial charge in [0.25, 0.3) is 0 Å². The number of carboxylic acid groups (broad SMARTS) is 1. The summed E-state index contributed by atoms with van der Waals surface area (Å²) in [6.45, 7) is 7.95. The van der Waals surface area contributed by atoms with E-state index in [1.165, 1.54) is 12.1 Å². The highest BCUT2D eigenvalue weighted by Crippen LogP contribution is 2.30. The Bertz CT molecular complexity index is 966. The first-order valence-electron chi connectivity index (χ1n) is 13.7. The Morgan fingerprint density at radius 1 is 0.872 bits per heavy atom. The van der Waals surface area contributed by atoms with Crippen molar-refractivity contribution in [3.63, 3.8) is 0 Å². The number of rotatable bonds is 16. The predicted octanol–water partition coefficient (Wildman–Crippen LogP) is 4.47. The number of carboxylic acids is 1. The van der Waals surface area contributed by atoms with Gasteiger partial charge < -0.3 is 34.1 Å². The van der Waals surface area contributed by atoms with Crippen LogP contribution in [-0.4, -0.2) is 66.7 Å². The lowest BCUT2D eigenvalue weighted by Crippen LogP contribution is -2.59. The van der Waals surface area contributed by atoms with Crippen molar-refractivity contribution >= 4 is 29.6 Å². The summed E-state index contributed by atoms with van der Waals surface area (Å²) in [5.74, 6) is -2.92. The molecule has 2 N–H and O–H groups in total. The van der Waals surface area contributed by atoms with Crippen molar-refractivity contribution in [3.05, 3.63) is 23.8 Å². The molecule has 39 heavy (non-hydrogen) atoms. The van der Waals surface area contributed by atoms with E-state index in [4.69, 9.17) is 23.7 Å². The molecule has 0 amide bonds. The molecule has 4 atom stereocenters. The fraction of sp³-hybridized carbons (Fsp3) is 0.643. The molecule has 1 aliphatic heterocycles. The number of nitrogens with one attached hydrogen (secondary N) is 1. The molecule has 1 aromatic rings. The van der Waals surface area contributed by atoms with Crippen LogP contribution in [0.1, 0.15) is 89.4 Å². The molecule has 1 fully saturated rings. The van der Waals surface area contributed by atoms with Gasteiger partial charge in [0.2, 0.25) is 12.4 Å². The highest BCUT2D eigenvalue weighted by atomic mass is 16.7. The molecule has 0 aromatic heterocycles. The first-order chi connectivity index (χ1) is 18.7. The smallest absolute Gasteiger partial charge is 0.339 e. The molecule has 0 bridgehead atoms. The lowest BCUT2D eigenvalue weighted by atomic mass is 10.0. The van der Waals surface area contributed by atoms with Gasteiger partial charge in [-0.3, -0.25) is 14.4 Å². The summed E-state index contributed by atoms with van der Waals surface area (Å²) < 4.78 is 28.6. The van der Waals surface area contributed by atoms with Gasteiger partial charge in [-0.25, -0.2) is 4.79 Å². The second kappa shape index (κ2) is 16.6. The number of hydrogen-bond acceptors (Lipinski definition) is 10. The van der Waals surface area contributed by atoms with Gasteiger partial charge in [-0.15, -0.1) is 0 Å². The Morgan fingerprint density at radius 2 is 1.46 bits per heavy atom. The molecule has 1 aromatic carbocycles. The van der Waals surface area contributed by atoms with Crippen molar-refractivity contribution < 1.29 is 48.0 Å². The summed E-state index contributed by atoms with van der Waals surface area (Å²) in [6, 6.07) is 4.60. The summed E-state index contributed by atoms with van der Waals surface area (Å²) in [4.78, 5) is 49.4. The maximum Gasteiger partial charge on any atom is 0.339 e. The average molecular weight is 552 g/mol. The first-order valence-corrected chi connectivity index (χ1v) is 13.7. The quantitative estimate of drug-likeness (QED) is 0.170. The number of esters is 3. The lowest BCUT2D eigenvalue weighted by molar-refractivity contribution is -0.261. The largest absolute Gasteiger partial charge is 0.478 e. The molecule has 1 heterocycles. The Hall–Kier alpha value is -3.34. The Labute approximate surface area is 229 Å². The third-order valence-electron chi connectivity index (χ3n) is 5.88. The second-order valence-corrected chi connectivity index (χ2v) is 9.30. The molecular weight excluding hydrogens is 510 g/mol. The highest BCUT2D eigenvalue weighted by Gasteiger charge is 2.49. The van der Waals surface area contributed by atoms with Gasteiger partial charge in [0, 0.05) is 31.5 Å². The van der Waals surface area contributed by atoms with Crippen LogP contribution in [0.25, 0.3) is 0 Å². The fourth-order valence-electron chi connectivity index (χ4n) is 3.92. The number of benzene rings is 1. The van der Waals surface area contributed by atoms with Crippen LogP contribution in [0.3, 0.4) is 0 Å². The van der Waals surface area contributed by atoms with Crippen LogP contribution in [0.15, 0.2) is 18.2 Å². The van der Waals surface area contributed by atoms with Crippen LogP contribution >= 0.6 is 0 Å². The number of anilines is 1. The normalized spacial score (nSPS) is 20.5. The molecule has 11 heteroatoms. The van der Waals surface area contributed by atoms with Crippen LogP contribution in [0.4, 0.5) is 5.69 Å². The topological polar surface area (TPSA) is 147 Å². The maximum atomic E-state index is 12.6. The Kier molecular flexibility index (Phi) is 13.6. The van der Waals surface area contributed by atoms with Crippen molar-refractivity contribution in [2.45, 2.75) is 104 Å². The zero-order valence-corrected chi connectivity index (χ0v) is 23.2. The van der Waals surface area contributed by atoms with Gasteiger partial charge >= 0.3 is 23.9 Å².